The smallest absolute Gasteiger partial charge is 0.243 e. The zero-order chi connectivity index (χ0) is 16.5. The van der Waals surface area contributed by atoms with Crippen molar-refractivity contribution in [3.63, 3.8) is 0 Å². The first-order valence-electron chi connectivity index (χ1n) is 9.02. The number of amides is 1. The first kappa shape index (κ1) is 18.0. The van der Waals surface area contributed by atoms with Crippen LogP contribution in [0.2, 0.25) is 0 Å². The first-order chi connectivity index (χ1) is 11.1. The van der Waals surface area contributed by atoms with Gasteiger partial charge in [0.15, 0.2) is 5.96 Å². The lowest BCUT2D eigenvalue weighted by molar-refractivity contribution is -0.127. The van der Waals surface area contributed by atoms with E-state index in [4.69, 9.17) is 4.74 Å². The molecule has 0 aromatic heterocycles. The molecule has 2 rings (SSSR count). The zero-order valence-electron chi connectivity index (χ0n) is 14.6. The average Bonchev–Trinajstić information content (AvgIpc) is 3.06. The number of guanidine groups is 1. The Morgan fingerprint density at radius 2 is 1.91 bits per heavy atom. The lowest BCUT2D eigenvalue weighted by Gasteiger charge is -2.23. The number of ether oxygens (including phenoxy) is 1. The Morgan fingerprint density at radius 3 is 2.57 bits per heavy atom. The van der Waals surface area contributed by atoms with Crippen LogP contribution in [-0.2, 0) is 9.53 Å². The van der Waals surface area contributed by atoms with Gasteiger partial charge in [0, 0.05) is 33.3 Å². The zero-order valence-corrected chi connectivity index (χ0v) is 14.6. The lowest BCUT2D eigenvalue weighted by Crippen LogP contribution is -2.44. The number of nitrogens with one attached hydrogen (secondary N) is 2. The van der Waals surface area contributed by atoms with Crippen molar-refractivity contribution in [2.45, 2.75) is 63.5 Å². The van der Waals surface area contributed by atoms with Crippen LogP contribution in [0.5, 0.6) is 0 Å². The minimum atomic E-state index is 0.0214. The molecule has 0 aromatic carbocycles. The Bertz CT molecular complexity index is 386. The van der Waals surface area contributed by atoms with Crippen molar-refractivity contribution in [1.82, 2.24) is 15.5 Å². The molecule has 1 atom stereocenters. The van der Waals surface area contributed by atoms with Gasteiger partial charge in [-0.1, -0.05) is 12.8 Å². The number of aliphatic imine (C=N–C) groups is 1. The van der Waals surface area contributed by atoms with Crippen LogP contribution in [-0.4, -0.2) is 62.7 Å². The fourth-order valence-electron chi connectivity index (χ4n) is 3.09. The third-order valence-electron chi connectivity index (χ3n) is 4.60. The topological polar surface area (TPSA) is 66.0 Å². The molecule has 0 radical (unpaired) electrons. The highest BCUT2D eigenvalue weighted by Gasteiger charge is 2.17. The molecule has 1 amide bonds. The molecule has 1 saturated heterocycles. The Hall–Kier alpha value is -1.30. The lowest BCUT2D eigenvalue weighted by atomic mass is 10.1. The molecule has 2 N–H and O–H groups in total. The van der Waals surface area contributed by atoms with Gasteiger partial charge in [-0.05, 0) is 38.5 Å². The van der Waals surface area contributed by atoms with Gasteiger partial charge in [-0.3, -0.25) is 4.79 Å². The van der Waals surface area contributed by atoms with E-state index in [-0.39, 0.29) is 12.5 Å². The van der Waals surface area contributed by atoms with E-state index in [9.17, 15) is 4.79 Å². The molecule has 2 fully saturated rings. The maximum Gasteiger partial charge on any atom is 0.243 e. The third-order valence-corrected chi connectivity index (χ3v) is 4.60. The van der Waals surface area contributed by atoms with Gasteiger partial charge in [-0.25, -0.2) is 4.99 Å². The van der Waals surface area contributed by atoms with Crippen molar-refractivity contribution < 1.29 is 9.53 Å². The number of carbonyl (C=O) groups excluding carboxylic acids is 1. The van der Waals surface area contributed by atoms with E-state index in [1.54, 1.807) is 19.0 Å². The maximum atomic E-state index is 11.7. The molecule has 132 valence electrons. The predicted octanol–water partition coefficient (Wildman–Crippen LogP) is 1.51. The number of hydrogen-bond donors (Lipinski definition) is 2. The van der Waals surface area contributed by atoms with Crippen LogP contribution in [0.3, 0.4) is 0 Å². The Morgan fingerprint density at radius 1 is 1.17 bits per heavy atom. The summed E-state index contributed by atoms with van der Waals surface area (Å²) in [5.74, 6) is 0.788. The second-order valence-electron chi connectivity index (χ2n) is 6.78. The van der Waals surface area contributed by atoms with Gasteiger partial charge in [-0.15, -0.1) is 0 Å². The number of rotatable bonds is 6. The molecular formula is C17H32N4O2. The molecule has 0 aromatic rings. The largest absolute Gasteiger partial charge is 0.378 e. The summed E-state index contributed by atoms with van der Waals surface area (Å²) in [6.45, 7) is 1.91. The van der Waals surface area contributed by atoms with Crippen LogP contribution in [0, 0.1) is 0 Å². The van der Waals surface area contributed by atoms with Crippen LogP contribution in [0.4, 0.5) is 0 Å². The molecule has 1 heterocycles. The molecule has 1 unspecified atom stereocenters. The van der Waals surface area contributed by atoms with E-state index in [1.807, 2.05) is 0 Å². The number of nitrogens with zero attached hydrogens (tertiary/aromatic N) is 2. The Labute approximate surface area is 140 Å². The summed E-state index contributed by atoms with van der Waals surface area (Å²) in [7, 11) is 3.52. The quantitative estimate of drug-likeness (QED) is 0.574. The highest BCUT2D eigenvalue weighted by atomic mass is 16.5. The second kappa shape index (κ2) is 9.75. The summed E-state index contributed by atoms with van der Waals surface area (Å²) in [5.41, 5.74) is 0. The SMILES string of the molecule is CN(C)C(=O)CN=C(NCCC1CCCCO1)NC1CCCC1. The van der Waals surface area contributed by atoms with Crippen molar-refractivity contribution in [3.8, 4) is 0 Å². The molecule has 1 saturated carbocycles. The van der Waals surface area contributed by atoms with Crippen LogP contribution >= 0.6 is 0 Å². The Kier molecular flexibility index (Phi) is 7.65. The highest BCUT2D eigenvalue weighted by molar-refractivity contribution is 5.84. The summed E-state index contributed by atoms with van der Waals surface area (Å²) in [6, 6.07) is 0.488. The second-order valence-corrected chi connectivity index (χ2v) is 6.78. The molecule has 0 spiro atoms. The number of hydrogen-bond acceptors (Lipinski definition) is 3. The fraction of sp³-hybridized carbons (Fsp3) is 0.882. The summed E-state index contributed by atoms with van der Waals surface area (Å²) >= 11 is 0. The summed E-state index contributed by atoms with van der Waals surface area (Å²) in [6.07, 6.45) is 9.90. The molecule has 6 nitrogen and oxygen atoms in total. The monoisotopic (exact) mass is 324 g/mol. The van der Waals surface area contributed by atoms with E-state index < -0.39 is 0 Å². The van der Waals surface area contributed by atoms with Gasteiger partial charge in [0.25, 0.3) is 0 Å². The number of likely N-dealkylation sites (N-methyl/N-ethyl adjacent to an activating group) is 1. The molecule has 1 aliphatic carbocycles. The third kappa shape index (κ3) is 6.77. The minimum Gasteiger partial charge on any atom is -0.378 e. The Balaban J connectivity index is 1.79. The minimum absolute atomic E-state index is 0.0214. The normalized spacial score (nSPS) is 22.9. The molecule has 1 aliphatic heterocycles. The van der Waals surface area contributed by atoms with E-state index >= 15 is 0 Å². The maximum absolute atomic E-state index is 11.7. The first-order valence-corrected chi connectivity index (χ1v) is 9.02. The van der Waals surface area contributed by atoms with Gasteiger partial charge >= 0.3 is 0 Å². The van der Waals surface area contributed by atoms with Crippen LogP contribution < -0.4 is 10.6 Å². The van der Waals surface area contributed by atoms with Gasteiger partial charge in [0.2, 0.25) is 5.91 Å². The van der Waals surface area contributed by atoms with Crippen LogP contribution in [0.1, 0.15) is 51.4 Å². The predicted molar refractivity (Wildman–Crippen MR) is 92.6 cm³/mol. The van der Waals surface area contributed by atoms with Crippen LogP contribution in [0.25, 0.3) is 0 Å². The van der Waals surface area contributed by atoms with Gasteiger partial charge in [0.05, 0.1) is 6.10 Å². The van der Waals surface area contributed by atoms with Gasteiger partial charge < -0.3 is 20.3 Å². The van der Waals surface area contributed by atoms with E-state index in [0.29, 0.717) is 12.1 Å². The molecule has 23 heavy (non-hydrogen) atoms. The van der Waals surface area contributed by atoms with Crippen molar-refractivity contribution in [2.75, 3.05) is 33.8 Å². The van der Waals surface area contributed by atoms with Crippen molar-refractivity contribution in [1.29, 1.82) is 0 Å². The number of carbonyl (C=O) groups is 1. The average molecular weight is 324 g/mol. The van der Waals surface area contributed by atoms with E-state index in [2.05, 4.69) is 15.6 Å². The van der Waals surface area contributed by atoms with Gasteiger partial charge in [0.1, 0.15) is 6.54 Å². The fourth-order valence-corrected chi connectivity index (χ4v) is 3.09. The molecule has 0 bridgehead atoms. The van der Waals surface area contributed by atoms with Crippen molar-refractivity contribution in [2.24, 2.45) is 4.99 Å². The van der Waals surface area contributed by atoms with E-state index in [0.717, 1.165) is 32.0 Å². The van der Waals surface area contributed by atoms with Gasteiger partial charge in [-0.2, -0.15) is 0 Å². The van der Waals surface area contributed by atoms with Crippen molar-refractivity contribution in [3.05, 3.63) is 0 Å². The van der Waals surface area contributed by atoms with Crippen LogP contribution in [0.15, 0.2) is 4.99 Å². The van der Waals surface area contributed by atoms with Crippen molar-refractivity contribution >= 4 is 11.9 Å². The summed E-state index contributed by atoms with van der Waals surface area (Å²) < 4.78 is 5.76. The summed E-state index contributed by atoms with van der Waals surface area (Å²) in [5, 5.41) is 6.85. The molecule has 6 heteroatoms. The highest BCUT2D eigenvalue weighted by Crippen LogP contribution is 2.17. The standard InChI is InChI=1S/C17H32N4O2/c1-21(2)16(22)13-19-17(20-14-7-3-4-8-14)18-11-10-15-9-5-6-12-23-15/h14-15H,3-13H2,1-2H3,(H2,18,19,20). The van der Waals surface area contributed by atoms with E-state index in [1.165, 1.54) is 38.5 Å². The molecule has 2 aliphatic rings. The summed E-state index contributed by atoms with van der Waals surface area (Å²) in [4.78, 5) is 17.8. The molecular weight excluding hydrogens is 292 g/mol.